The van der Waals surface area contributed by atoms with E-state index in [1.165, 1.54) is 0 Å². The summed E-state index contributed by atoms with van der Waals surface area (Å²) in [6.07, 6.45) is 0.618. The standard InChI is InChI=1S/C13H20N2O3/c1-13(2,17-3)4-5-18-12(16)9-6-10(14)8-11(15)7-9/h6-8H,4-5,14-15H2,1-3H3. The van der Waals surface area contributed by atoms with Crippen LogP contribution in [0.4, 0.5) is 11.4 Å². The summed E-state index contributed by atoms with van der Waals surface area (Å²) in [6.45, 7) is 4.15. The van der Waals surface area contributed by atoms with Crippen LogP contribution >= 0.6 is 0 Å². The van der Waals surface area contributed by atoms with E-state index in [1.54, 1.807) is 25.3 Å². The fourth-order valence-corrected chi connectivity index (χ4v) is 1.37. The molecule has 0 radical (unpaired) electrons. The number of carbonyl (C=O) groups is 1. The van der Waals surface area contributed by atoms with Crippen LogP contribution in [0, 0.1) is 0 Å². The quantitative estimate of drug-likeness (QED) is 0.616. The Morgan fingerprint density at radius 2 is 1.78 bits per heavy atom. The number of carbonyl (C=O) groups excluding carboxylic acids is 1. The van der Waals surface area contributed by atoms with Crippen LogP contribution in [0.3, 0.4) is 0 Å². The molecule has 0 saturated carbocycles. The van der Waals surface area contributed by atoms with E-state index < -0.39 is 5.97 Å². The van der Waals surface area contributed by atoms with Crippen LogP contribution in [0.25, 0.3) is 0 Å². The van der Waals surface area contributed by atoms with Gasteiger partial charge in [0.15, 0.2) is 0 Å². The highest BCUT2D eigenvalue weighted by Gasteiger charge is 2.17. The van der Waals surface area contributed by atoms with Crippen molar-refractivity contribution < 1.29 is 14.3 Å². The molecule has 5 nitrogen and oxygen atoms in total. The molecule has 1 aromatic carbocycles. The van der Waals surface area contributed by atoms with Gasteiger partial charge in [-0.15, -0.1) is 0 Å². The zero-order valence-electron chi connectivity index (χ0n) is 11.0. The normalized spacial score (nSPS) is 11.3. The highest BCUT2D eigenvalue weighted by atomic mass is 16.5. The fourth-order valence-electron chi connectivity index (χ4n) is 1.37. The zero-order chi connectivity index (χ0) is 13.8. The zero-order valence-corrected chi connectivity index (χ0v) is 11.0. The van der Waals surface area contributed by atoms with Crippen molar-refractivity contribution >= 4 is 17.3 Å². The number of esters is 1. The predicted molar refractivity (Wildman–Crippen MR) is 71.3 cm³/mol. The Bertz CT molecular complexity index is 410. The van der Waals surface area contributed by atoms with Crippen molar-refractivity contribution in [2.24, 2.45) is 0 Å². The van der Waals surface area contributed by atoms with Gasteiger partial charge in [0.25, 0.3) is 0 Å². The van der Waals surface area contributed by atoms with Gasteiger partial charge in [0.05, 0.1) is 17.8 Å². The second-order valence-electron chi connectivity index (χ2n) is 4.74. The minimum atomic E-state index is -0.430. The molecule has 0 bridgehead atoms. The van der Waals surface area contributed by atoms with Crippen molar-refractivity contribution in [1.82, 2.24) is 0 Å². The van der Waals surface area contributed by atoms with Crippen LogP contribution in [0.1, 0.15) is 30.6 Å². The lowest BCUT2D eigenvalue weighted by molar-refractivity contribution is -0.00563. The van der Waals surface area contributed by atoms with E-state index in [9.17, 15) is 4.79 Å². The number of hydrogen-bond donors (Lipinski definition) is 2. The lowest BCUT2D eigenvalue weighted by atomic mass is 10.1. The van der Waals surface area contributed by atoms with Crippen molar-refractivity contribution in [2.75, 3.05) is 25.2 Å². The molecule has 4 N–H and O–H groups in total. The van der Waals surface area contributed by atoms with Gasteiger partial charge >= 0.3 is 5.97 Å². The number of hydrogen-bond acceptors (Lipinski definition) is 5. The molecule has 100 valence electrons. The summed E-state index contributed by atoms with van der Waals surface area (Å²) in [4.78, 5) is 11.7. The van der Waals surface area contributed by atoms with E-state index in [1.807, 2.05) is 13.8 Å². The molecule has 0 aliphatic heterocycles. The van der Waals surface area contributed by atoms with Gasteiger partial charge < -0.3 is 20.9 Å². The summed E-state index contributed by atoms with van der Waals surface area (Å²) in [6, 6.07) is 4.67. The molecule has 0 amide bonds. The molecule has 0 heterocycles. The van der Waals surface area contributed by atoms with E-state index in [0.29, 0.717) is 23.4 Å². The van der Waals surface area contributed by atoms with Gasteiger partial charge in [0.1, 0.15) is 0 Å². The maximum absolute atomic E-state index is 11.7. The maximum atomic E-state index is 11.7. The summed E-state index contributed by atoms with van der Waals surface area (Å²) < 4.78 is 10.4. The first kappa shape index (κ1) is 14.3. The lowest BCUT2D eigenvalue weighted by Gasteiger charge is -2.22. The van der Waals surface area contributed by atoms with Crippen molar-refractivity contribution in [2.45, 2.75) is 25.9 Å². The first-order valence-electron chi connectivity index (χ1n) is 5.72. The summed E-state index contributed by atoms with van der Waals surface area (Å²) in [5.41, 5.74) is 12.2. The minimum absolute atomic E-state index is 0.286. The third-order valence-corrected chi connectivity index (χ3v) is 2.70. The SMILES string of the molecule is COC(C)(C)CCOC(=O)c1cc(N)cc(N)c1. The molecule has 0 spiro atoms. The average Bonchev–Trinajstić information content (AvgIpc) is 2.27. The van der Waals surface area contributed by atoms with E-state index in [0.717, 1.165) is 0 Å². The van der Waals surface area contributed by atoms with E-state index >= 15 is 0 Å². The summed E-state index contributed by atoms with van der Waals surface area (Å²) in [5, 5.41) is 0. The van der Waals surface area contributed by atoms with Crippen LogP contribution in [-0.4, -0.2) is 25.3 Å². The van der Waals surface area contributed by atoms with E-state index in [4.69, 9.17) is 20.9 Å². The van der Waals surface area contributed by atoms with Gasteiger partial charge in [-0.25, -0.2) is 4.79 Å². The Morgan fingerprint density at radius 1 is 1.22 bits per heavy atom. The smallest absolute Gasteiger partial charge is 0.338 e. The Labute approximate surface area is 107 Å². The molecule has 5 heteroatoms. The summed E-state index contributed by atoms with van der Waals surface area (Å²) >= 11 is 0. The van der Waals surface area contributed by atoms with E-state index in [2.05, 4.69) is 0 Å². The minimum Gasteiger partial charge on any atom is -0.462 e. The van der Waals surface area contributed by atoms with Crippen molar-refractivity contribution in [3.8, 4) is 0 Å². The molecule has 0 aliphatic rings. The van der Waals surface area contributed by atoms with Crippen LogP contribution < -0.4 is 11.5 Å². The molecule has 1 rings (SSSR count). The Kier molecular flexibility index (Phi) is 4.55. The first-order chi connectivity index (χ1) is 8.34. The number of nitrogen functional groups attached to an aromatic ring is 2. The predicted octanol–water partition coefficient (Wildman–Crippen LogP) is 1.82. The number of ether oxygens (including phenoxy) is 2. The molecule has 0 saturated heterocycles. The number of nitrogens with two attached hydrogens (primary N) is 2. The molecule has 1 aromatic rings. The largest absolute Gasteiger partial charge is 0.462 e. The molecule has 0 atom stereocenters. The first-order valence-corrected chi connectivity index (χ1v) is 5.72. The third kappa shape index (κ3) is 4.25. The highest BCUT2D eigenvalue weighted by Crippen LogP contribution is 2.16. The molecule has 0 aromatic heterocycles. The van der Waals surface area contributed by atoms with E-state index in [-0.39, 0.29) is 12.2 Å². The number of rotatable bonds is 5. The number of anilines is 2. The van der Waals surface area contributed by atoms with Gasteiger partial charge in [0.2, 0.25) is 0 Å². The number of methoxy groups -OCH3 is 1. The third-order valence-electron chi connectivity index (χ3n) is 2.70. The Morgan fingerprint density at radius 3 is 2.28 bits per heavy atom. The molecular formula is C13H20N2O3. The Balaban J connectivity index is 2.56. The molecule has 0 unspecified atom stereocenters. The van der Waals surface area contributed by atoms with Crippen LogP contribution in [0.2, 0.25) is 0 Å². The van der Waals surface area contributed by atoms with Gasteiger partial charge in [-0.3, -0.25) is 0 Å². The highest BCUT2D eigenvalue weighted by molar-refractivity contribution is 5.91. The second kappa shape index (κ2) is 5.73. The molecule has 0 aliphatic carbocycles. The van der Waals surface area contributed by atoms with Gasteiger partial charge in [-0.1, -0.05) is 0 Å². The average molecular weight is 252 g/mol. The topological polar surface area (TPSA) is 87.6 Å². The van der Waals surface area contributed by atoms with Crippen LogP contribution in [0.5, 0.6) is 0 Å². The van der Waals surface area contributed by atoms with Gasteiger partial charge in [0, 0.05) is 24.9 Å². The summed E-state index contributed by atoms with van der Waals surface area (Å²) in [7, 11) is 1.63. The van der Waals surface area contributed by atoms with Crippen molar-refractivity contribution in [1.29, 1.82) is 0 Å². The molecular weight excluding hydrogens is 232 g/mol. The van der Waals surface area contributed by atoms with Gasteiger partial charge in [-0.05, 0) is 32.0 Å². The van der Waals surface area contributed by atoms with Crippen molar-refractivity contribution in [3.05, 3.63) is 23.8 Å². The van der Waals surface area contributed by atoms with Crippen LogP contribution in [-0.2, 0) is 9.47 Å². The summed E-state index contributed by atoms with van der Waals surface area (Å²) in [5.74, 6) is -0.430. The monoisotopic (exact) mass is 252 g/mol. The molecule has 18 heavy (non-hydrogen) atoms. The van der Waals surface area contributed by atoms with Crippen molar-refractivity contribution in [3.63, 3.8) is 0 Å². The molecule has 0 fully saturated rings. The van der Waals surface area contributed by atoms with Crippen LogP contribution in [0.15, 0.2) is 18.2 Å². The number of benzene rings is 1. The van der Waals surface area contributed by atoms with Gasteiger partial charge in [-0.2, -0.15) is 0 Å². The fraction of sp³-hybridized carbons (Fsp3) is 0.462. The maximum Gasteiger partial charge on any atom is 0.338 e. The second-order valence-corrected chi connectivity index (χ2v) is 4.74. The lowest BCUT2D eigenvalue weighted by Crippen LogP contribution is -2.25. The Hall–Kier alpha value is -1.75.